The van der Waals surface area contributed by atoms with Crippen molar-refractivity contribution >= 4 is 16.6 Å². The van der Waals surface area contributed by atoms with Crippen LogP contribution in [0, 0.1) is 5.82 Å². The molecule has 0 amide bonds. The molecule has 0 bridgehead atoms. The van der Waals surface area contributed by atoms with Gasteiger partial charge in [0.25, 0.3) is 0 Å². The summed E-state index contributed by atoms with van der Waals surface area (Å²) in [5, 5.41) is 14.6. The third-order valence-corrected chi connectivity index (χ3v) is 4.66. The van der Waals surface area contributed by atoms with E-state index in [-0.39, 0.29) is 12.2 Å². The van der Waals surface area contributed by atoms with E-state index in [1.54, 1.807) is 12.1 Å². The Balaban J connectivity index is 1.65. The van der Waals surface area contributed by atoms with E-state index in [0.29, 0.717) is 22.5 Å². The zero-order valence-electron chi connectivity index (χ0n) is 14.1. The smallest absolute Gasteiger partial charge is 0.167 e. The van der Waals surface area contributed by atoms with Crippen LogP contribution in [0.25, 0.3) is 39.1 Å². The molecule has 2 aromatic carbocycles. The van der Waals surface area contributed by atoms with E-state index in [4.69, 9.17) is 4.52 Å². The molecule has 3 aromatic heterocycles. The van der Waals surface area contributed by atoms with Crippen molar-refractivity contribution in [1.29, 1.82) is 0 Å². The van der Waals surface area contributed by atoms with E-state index >= 15 is 0 Å². The molecule has 3 heterocycles. The fourth-order valence-corrected chi connectivity index (χ4v) is 3.33. The van der Waals surface area contributed by atoms with Crippen LogP contribution in [-0.2, 0) is 6.61 Å². The minimum Gasteiger partial charge on any atom is -0.392 e. The molecule has 0 aliphatic heterocycles. The lowest BCUT2D eigenvalue weighted by atomic mass is 10.0. The highest BCUT2D eigenvalue weighted by molar-refractivity contribution is 5.90. The summed E-state index contributed by atoms with van der Waals surface area (Å²) < 4.78 is 21.2. The molecule has 0 fully saturated rings. The summed E-state index contributed by atoms with van der Waals surface area (Å²) in [7, 11) is 0. The number of hydrogen-bond acceptors (Lipinski definition) is 4. The van der Waals surface area contributed by atoms with Crippen LogP contribution in [0.4, 0.5) is 4.39 Å². The number of imidazole rings is 1. The first-order chi connectivity index (χ1) is 13.2. The van der Waals surface area contributed by atoms with E-state index in [9.17, 15) is 9.50 Å². The maximum atomic E-state index is 14.0. The highest BCUT2D eigenvalue weighted by Crippen LogP contribution is 2.29. The normalized spacial score (nSPS) is 11.5. The van der Waals surface area contributed by atoms with Gasteiger partial charge in [-0.15, -0.1) is 0 Å². The van der Waals surface area contributed by atoms with E-state index in [1.165, 1.54) is 6.07 Å². The van der Waals surface area contributed by atoms with Gasteiger partial charge >= 0.3 is 0 Å². The monoisotopic (exact) mass is 359 g/mol. The fraction of sp³-hybridized carbons (Fsp3) is 0.0476. The van der Waals surface area contributed by atoms with Crippen molar-refractivity contribution in [2.75, 3.05) is 0 Å². The fourth-order valence-electron chi connectivity index (χ4n) is 3.33. The van der Waals surface area contributed by atoms with Gasteiger partial charge in [-0.2, -0.15) is 0 Å². The second-order valence-corrected chi connectivity index (χ2v) is 6.26. The number of aromatic nitrogens is 3. The van der Waals surface area contributed by atoms with Crippen molar-refractivity contribution in [1.82, 2.24) is 14.5 Å². The minimum absolute atomic E-state index is 0.277. The molecule has 1 N–H and O–H groups in total. The van der Waals surface area contributed by atoms with Crippen molar-refractivity contribution in [2.45, 2.75) is 6.61 Å². The van der Waals surface area contributed by atoms with Crippen LogP contribution in [0.3, 0.4) is 0 Å². The lowest BCUT2D eigenvalue weighted by molar-refractivity contribution is 0.276. The van der Waals surface area contributed by atoms with Gasteiger partial charge in [-0.25, -0.2) is 9.37 Å². The number of halogens is 1. The standard InChI is InChI=1S/C21H14FN3O2/c22-17-6-3-5-14(16(17)12-26)13-8-9-20-23-18(11-25(20)10-13)21-15-4-1-2-7-19(15)27-24-21/h1-11,26H,12H2. The van der Waals surface area contributed by atoms with Gasteiger partial charge in [-0.3, -0.25) is 0 Å². The SMILES string of the molecule is OCc1c(F)cccc1-c1ccc2nc(-c3noc4ccccc34)cn2c1. The van der Waals surface area contributed by atoms with Crippen molar-refractivity contribution in [2.24, 2.45) is 0 Å². The van der Waals surface area contributed by atoms with Crippen molar-refractivity contribution in [3.05, 3.63) is 78.4 Å². The van der Waals surface area contributed by atoms with Gasteiger partial charge in [-0.1, -0.05) is 29.4 Å². The van der Waals surface area contributed by atoms with Gasteiger partial charge in [-0.05, 0) is 41.5 Å². The molecule has 27 heavy (non-hydrogen) atoms. The van der Waals surface area contributed by atoms with Crippen LogP contribution in [0.5, 0.6) is 0 Å². The predicted molar refractivity (Wildman–Crippen MR) is 99.5 cm³/mol. The quantitative estimate of drug-likeness (QED) is 0.517. The first kappa shape index (κ1) is 15.7. The molecule has 5 rings (SSSR count). The summed E-state index contributed by atoms with van der Waals surface area (Å²) in [4.78, 5) is 4.62. The first-order valence-corrected chi connectivity index (χ1v) is 8.47. The van der Waals surface area contributed by atoms with Gasteiger partial charge in [0.2, 0.25) is 0 Å². The number of hydrogen-bond donors (Lipinski definition) is 1. The van der Waals surface area contributed by atoms with Crippen LogP contribution in [0.2, 0.25) is 0 Å². The van der Waals surface area contributed by atoms with Crippen LogP contribution >= 0.6 is 0 Å². The molecule has 0 atom stereocenters. The van der Waals surface area contributed by atoms with E-state index in [1.807, 2.05) is 53.2 Å². The van der Waals surface area contributed by atoms with Gasteiger partial charge < -0.3 is 14.0 Å². The van der Waals surface area contributed by atoms with E-state index < -0.39 is 5.82 Å². The zero-order chi connectivity index (χ0) is 18.4. The summed E-state index contributed by atoms with van der Waals surface area (Å²) in [5.74, 6) is -0.421. The Morgan fingerprint density at radius 2 is 1.89 bits per heavy atom. The molecular weight excluding hydrogens is 345 g/mol. The molecule has 0 spiro atoms. The molecule has 0 aliphatic carbocycles. The Hall–Kier alpha value is -3.51. The largest absolute Gasteiger partial charge is 0.392 e. The molecule has 0 aliphatic rings. The second kappa shape index (κ2) is 6.03. The second-order valence-electron chi connectivity index (χ2n) is 6.26. The molecule has 5 nitrogen and oxygen atoms in total. The van der Waals surface area contributed by atoms with E-state index in [0.717, 1.165) is 16.6 Å². The molecule has 5 aromatic rings. The van der Waals surface area contributed by atoms with Crippen LogP contribution < -0.4 is 0 Å². The van der Waals surface area contributed by atoms with Crippen molar-refractivity contribution in [3.8, 4) is 22.5 Å². The lowest BCUT2D eigenvalue weighted by Crippen LogP contribution is -1.95. The van der Waals surface area contributed by atoms with Gasteiger partial charge in [0.05, 0.1) is 12.0 Å². The number of benzene rings is 2. The summed E-state index contributed by atoms with van der Waals surface area (Å²) in [5.41, 5.74) is 4.54. The zero-order valence-corrected chi connectivity index (χ0v) is 14.1. The summed E-state index contributed by atoms with van der Waals surface area (Å²) in [6, 6.07) is 16.1. The number of aliphatic hydroxyl groups is 1. The molecule has 6 heteroatoms. The average molecular weight is 359 g/mol. The lowest BCUT2D eigenvalue weighted by Gasteiger charge is -2.09. The Bertz CT molecular complexity index is 1290. The highest BCUT2D eigenvalue weighted by atomic mass is 19.1. The summed E-state index contributed by atoms with van der Waals surface area (Å²) in [6.45, 7) is -0.361. The highest BCUT2D eigenvalue weighted by Gasteiger charge is 2.15. The number of rotatable bonds is 3. The minimum atomic E-state index is -0.421. The Labute approximate surface area is 153 Å². The number of fused-ring (bicyclic) bond motifs is 2. The van der Waals surface area contributed by atoms with Gasteiger partial charge in [0, 0.05) is 18.0 Å². The van der Waals surface area contributed by atoms with Crippen molar-refractivity contribution in [3.63, 3.8) is 0 Å². The summed E-state index contributed by atoms with van der Waals surface area (Å²) in [6.07, 6.45) is 3.73. The molecular formula is C21H14FN3O2. The first-order valence-electron chi connectivity index (χ1n) is 8.47. The van der Waals surface area contributed by atoms with Gasteiger partial charge in [0.15, 0.2) is 5.58 Å². The Morgan fingerprint density at radius 3 is 2.78 bits per heavy atom. The predicted octanol–water partition coefficient (Wildman–Crippen LogP) is 4.44. The number of aliphatic hydroxyl groups excluding tert-OH is 1. The molecule has 0 radical (unpaired) electrons. The number of nitrogens with zero attached hydrogens (tertiary/aromatic N) is 3. The van der Waals surface area contributed by atoms with Crippen LogP contribution in [0.15, 0.2) is 71.5 Å². The van der Waals surface area contributed by atoms with Crippen molar-refractivity contribution < 1.29 is 14.0 Å². The summed E-state index contributed by atoms with van der Waals surface area (Å²) >= 11 is 0. The topological polar surface area (TPSA) is 63.6 Å². The molecule has 0 unspecified atom stereocenters. The Morgan fingerprint density at radius 1 is 1.00 bits per heavy atom. The van der Waals surface area contributed by atoms with Crippen LogP contribution in [0.1, 0.15) is 5.56 Å². The number of para-hydroxylation sites is 1. The third-order valence-electron chi connectivity index (χ3n) is 4.66. The maximum absolute atomic E-state index is 14.0. The van der Waals surface area contributed by atoms with Crippen LogP contribution in [-0.4, -0.2) is 19.6 Å². The molecule has 0 saturated carbocycles. The van der Waals surface area contributed by atoms with Gasteiger partial charge in [0.1, 0.15) is 22.9 Å². The maximum Gasteiger partial charge on any atom is 0.167 e. The van der Waals surface area contributed by atoms with E-state index in [2.05, 4.69) is 10.1 Å². The molecule has 132 valence electrons. The average Bonchev–Trinajstić information content (AvgIpc) is 3.30. The molecule has 0 saturated heterocycles. The number of pyridine rings is 1. The Kier molecular flexibility index (Phi) is 3.51. The third kappa shape index (κ3) is 2.50.